The smallest absolute Gasteiger partial charge is 0.149 e. The Balaban J connectivity index is 2.15. The molecule has 7 heteroatoms. The average Bonchev–Trinajstić information content (AvgIpc) is 2.91. The number of nitrogens with one attached hydrogen (secondary N) is 1. The van der Waals surface area contributed by atoms with Gasteiger partial charge in [0.15, 0.2) is 0 Å². The fourth-order valence-corrected chi connectivity index (χ4v) is 3.96. The van der Waals surface area contributed by atoms with Gasteiger partial charge in [-0.2, -0.15) is 4.37 Å². The summed E-state index contributed by atoms with van der Waals surface area (Å²) >= 11 is 3.01. The lowest BCUT2D eigenvalue weighted by atomic mass is 9.93. The van der Waals surface area contributed by atoms with Gasteiger partial charge in [0, 0.05) is 24.2 Å². The van der Waals surface area contributed by atoms with E-state index in [-0.39, 0.29) is 5.41 Å². The number of nitrogen functional groups attached to an aromatic ring is 1. The zero-order valence-electron chi connectivity index (χ0n) is 13.2. The van der Waals surface area contributed by atoms with Crippen molar-refractivity contribution in [1.29, 1.82) is 0 Å². The molecule has 0 aliphatic rings. The van der Waals surface area contributed by atoms with Crippen LogP contribution in [-0.2, 0) is 0 Å². The van der Waals surface area contributed by atoms with Crippen molar-refractivity contribution >= 4 is 33.7 Å². The van der Waals surface area contributed by atoms with Crippen LogP contribution in [0.3, 0.4) is 0 Å². The third-order valence-electron chi connectivity index (χ3n) is 3.02. The molecule has 0 atom stereocenters. The maximum atomic E-state index is 6.02. The van der Waals surface area contributed by atoms with E-state index in [4.69, 9.17) is 5.73 Å². The van der Waals surface area contributed by atoms with Crippen LogP contribution < -0.4 is 11.1 Å². The topological polar surface area (TPSA) is 67.1 Å². The van der Waals surface area contributed by atoms with E-state index < -0.39 is 0 Å². The van der Waals surface area contributed by atoms with Crippen LogP contribution in [0.4, 0.5) is 10.8 Å². The van der Waals surface area contributed by atoms with Crippen LogP contribution in [-0.4, -0.2) is 41.4 Å². The molecule has 2 aromatic rings. The zero-order chi connectivity index (χ0) is 15.6. The van der Waals surface area contributed by atoms with E-state index in [9.17, 15) is 0 Å². The third-order valence-corrected chi connectivity index (χ3v) is 4.82. The van der Waals surface area contributed by atoms with E-state index in [0.717, 1.165) is 34.4 Å². The van der Waals surface area contributed by atoms with Crippen molar-refractivity contribution in [2.75, 3.05) is 38.2 Å². The lowest BCUT2D eigenvalue weighted by Crippen LogP contribution is -2.34. The molecule has 2 heterocycles. The molecule has 0 saturated heterocycles. The van der Waals surface area contributed by atoms with Gasteiger partial charge in [0.2, 0.25) is 0 Å². The molecule has 3 N–H and O–H groups in total. The number of rotatable bonds is 6. The average molecular weight is 326 g/mol. The van der Waals surface area contributed by atoms with Crippen molar-refractivity contribution in [3.05, 3.63) is 11.1 Å². The Hall–Kier alpha value is -1.18. The molecule has 0 spiro atoms. The summed E-state index contributed by atoms with van der Waals surface area (Å²) in [5.74, 6) is 0.558. The Bertz CT molecular complexity index is 600. The van der Waals surface area contributed by atoms with Crippen LogP contribution in [0.2, 0.25) is 0 Å². The molecule has 0 unspecified atom stereocenters. The Labute approximate surface area is 134 Å². The summed E-state index contributed by atoms with van der Waals surface area (Å²) in [5, 5.41) is 7.48. The van der Waals surface area contributed by atoms with Crippen molar-refractivity contribution in [2.24, 2.45) is 5.41 Å². The fraction of sp³-hybridized carbons (Fsp3) is 0.571. The second-order valence-corrected chi connectivity index (χ2v) is 7.95. The molecule has 5 nitrogen and oxygen atoms in total. The molecule has 116 valence electrons. The van der Waals surface area contributed by atoms with E-state index in [1.165, 1.54) is 11.5 Å². The molecule has 0 fully saturated rings. The summed E-state index contributed by atoms with van der Waals surface area (Å²) in [7, 11) is 4.19. The number of anilines is 2. The molecule has 21 heavy (non-hydrogen) atoms. The number of hydrogen-bond acceptors (Lipinski definition) is 7. The summed E-state index contributed by atoms with van der Waals surface area (Å²) in [6, 6.07) is 0. The highest BCUT2D eigenvalue weighted by Gasteiger charge is 2.22. The second-order valence-electron chi connectivity index (χ2n) is 6.32. The van der Waals surface area contributed by atoms with Crippen LogP contribution in [0.15, 0.2) is 5.38 Å². The van der Waals surface area contributed by atoms with Gasteiger partial charge in [-0.15, -0.1) is 11.3 Å². The fourth-order valence-electron chi connectivity index (χ4n) is 2.33. The minimum Gasteiger partial charge on any atom is -0.382 e. The van der Waals surface area contributed by atoms with Crippen molar-refractivity contribution in [2.45, 2.75) is 20.8 Å². The number of nitrogens with zero attached hydrogens (tertiary/aromatic N) is 3. The second kappa shape index (κ2) is 6.29. The maximum Gasteiger partial charge on any atom is 0.149 e. The van der Waals surface area contributed by atoms with Crippen molar-refractivity contribution in [3.63, 3.8) is 0 Å². The molecular weight excluding hydrogens is 302 g/mol. The minimum atomic E-state index is 0.165. The van der Waals surface area contributed by atoms with E-state index >= 15 is 0 Å². The van der Waals surface area contributed by atoms with Crippen LogP contribution in [0.25, 0.3) is 10.6 Å². The molecular formula is C14H23N5S2. The first-order chi connectivity index (χ1) is 9.78. The lowest BCUT2D eigenvalue weighted by molar-refractivity contribution is 0.254. The Morgan fingerprint density at radius 2 is 2.10 bits per heavy atom. The highest BCUT2D eigenvalue weighted by atomic mass is 32.1. The quantitative estimate of drug-likeness (QED) is 0.854. The van der Waals surface area contributed by atoms with Gasteiger partial charge in [0.1, 0.15) is 15.8 Å². The molecule has 0 aromatic carbocycles. The highest BCUT2D eigenvalue weighted by Crippen LogP contribution is 2.38. The monoisotopic (exact) mass is 325 g/mol. The molecule has 0 radical (unpaired) electrons. The first-order valence-electron chi connectivity index (χ1n) is 6.85. The summed E-state index contributed by atoms with van der Waals surface area (Å²) in [5.41, 5.74) is 8.14. The maximum absolute atomic E-state index is 6.02. The van der Waals surface area contributed by atoms with E-state index in [1.54, 1.807) is 11.3 Å². The van der Waals surface area contributed by atoms with E-state index in [2.05, 4.69) is 47.5 Å². The zero-order valence-corrected chi connectivity index (χ0v) is 14.9. The van der Waals surface area contributed by atoms with Gasteiger partial charge < -0.3 is 16.0 Å². The molecule has 2 rings (SSSR count). The summed E-state index contributed by atoms with van der Waals surface area (Å²) < 4.78 is 4.28. The largest absolute Gasteiger partial charge is 0.382 e. The Morgan fingerprint density at radius 3 is 2.67 bits per heavy atom. The predicted octanol–water partition coefficient (Wildman–Crippen LogP) is 3.16. The van der Waals surface area contributed by atoms with Gasteiger partial charge >= 0.3 is 0 Å². The number of aryl methyl sites for hydroxylation is 1. The summed E-state index contributed by atoms with van der Waals surface area (Å²) in [6.07, 6.45) is 0. The van der Waals surface area contributed by atoms with Gasteiger partial charge in [-0.05, 0) is 38.0 Å². The Morgan fingerprint density at radius 1 is 1.38 bits per heavy atom. The summed E-state index contributed by atoms with van der Waals surface area (Å²) in [4.78, 5) is 6.73. The highest BCUT2D eigenvalue weighted by molar-refractivity contribution is 7.15. The standard InChI is InChI=1S/C14H23N5S2/c1-9-6-20-13(17-9)10-11(15)18-21-12(10)16-7-14(2,3)8-19(4)5/h6,16H,7-8H2,1-5H3,(H2,15,18). The van der Waals surface area contributed by atoms with Gasteiger partial charge in [0.25, 0.3) is 0 Å². The number of hydrogen-bond donors (Lipinski definition) is 2. The van der Waals surface area contributed by atoms with Gasteiger partial charge in [-0.25, -0.2) is 4.98 Å². The van der Waals surface area contributed by atoms with E-state index in [0.29, 0.717) is 5.82 Å². The number of thiazole rings is 1. The first kappa shape index (κ1) is 16.2. The first-order valence-corrected chi connectivity index (χ1v) is 8.50. The van der Waals surface area contributed by atoms with Crippen LogP contribution >= 0.6 is 22.9 Å². The van der Waals surface area contributed by atoms with Crippen molar-refractivity contribution < 1.29 is 0 Å². The molecule has 0 aliphatic heterocycles. The molecule has 0 amide bonds. The van der Waals surface area contributed by atoms with Crippen molar-refractivity contribution in [1.82, 2.24) is 14.3 Å². The Kier molecular flexibility index (Phi) is 4.85. The molecule has 0 bridgehead atoms. The van der Waals surface area contributed by atoms with Crippen LogP contribution in [0.1, 0.15) is 19.5 Å². The van der Waals surface area contributed by atoms with Crippen molar-refractivity contribution in [3.8, 4) is 10.6 Å². The normalized spacial score (nSPS) is 12.1. The van der Waals surface area contributed by atoms with Gasteiger partial charge in [-0.3, -0.25) is 0 Å². The number of aromatic nitrogens is 2. The van der Waals surface area contributed by atoms with Gasteiger partial charge in [0.05, 0.1) is 5.56 Å². The van der Waals surface area contributed by atoms with E-state index in [1.807, 2.05) is 12.3 Å². The number of nitrogens with two attached hydrogens (primary N) is 1. The summed E-state index contributed by atoms with van der Waals surface area (Å²) in [6.45, 7) is 8.36. The van der Waals surface area contributed by atoms with Crippen LogP contribution in [0, 0.1) is 12.3 Å². The van der Waals surface area contributed by atoms with Gasteiger partial charge in [-0.1, -0.05) is 13.8 Å². The predicted molar refractivity (Wildman–Crippen MR) is 93.2 cm³/mol. The SMILES string of the molecule is Cc1csc(-c2c(N)nsc2NCC(C)(C)CN(C)C)n1. The molecule has 0 aliphatic carbocycles. The van der Waals surface area contributed by atoms with Crippen LogP contribution in [0.5, 0.6) is 0 Å². The minimum absolute atomic E-state index is 0.165. The molecule has 0 saturated carbocycles. The lowest BCUT2D eigenvalue weighted by Gasteiger charge is -2.28. The third kappa shape index (κ3) is 4.15. The molecule has 2 aromatic heterocycles.